The highest BCUT2D eigenvalue weighted by atomic mass is 15.1. The Balaban J connectivity index is 1.94. The van der Waals surface area contributed by atoms with E-state index in [-0.39, 0.29) is 0 Å². The van der Waals surface area contributed by atoms with Crippen molar-refractivity contribution in [3.05, 3.63) is 29.8 Å². The number of rotatable bonds is 3. The minimum absolute atomic E-state index is 0.585. The van der Waals surface area contributed by atoms with Gasteiger partial charge in [-0.15, -0.1) is 0 Å². The van der Waals surface area contributed by atoms with E-state index in [4.69, 9.17) is 5.73 Å². The van der Waals surface area contributed by atoms with E-state index < -0.39 is 0 Å². The van der Waals surface area contributed by atoms with E-state index in [0.717, 1.165) is 5.69 Å². The minimum atomic E-state index is 0.585. The zero-order chi connectivity index (χ0) is 11.4. The van der Waals surface area contributed by atoms with Crippen molar-refractivity contribution in [2.75, 3.05) is 25.4 Å². The first-order valence-electron chi connectivity index (χ1n) is 6.33. The van der Waals surface area contributed by atoms with Crippen molar-refractivity contribution in [3.63, 3.8) is 0 Å². The fourth-order valence-electron chi connectivity index (χ4n) is 2.50. The van der Waals surface area contributed by atoms with Crippen LogP contribution in [0.15, 0.2) is 24.3 Å². The third-order valence-corrected chi connectivity index (χ3v) is 3.46. The van der Waals surface area contributed by atoms with E-state index in [1.807, 2.05) is 6.07 Å². The average molecular weight is 218 g/mol. The van der Waals surface area contributed by atoms with Gasteiger partial charge in [0, 0.05) is 12.2 Å². The molecule has 0 saturated carbocycles. The lowest BCUT2D eigenvalue weighted by Gasteiger charge is -2.29. The van der Waals surface area contributed by atoms with Crippen LogP contribution in [-0.2, 0) is 0 Å². The fraction of sp³-hybridized carbons (Fsp3) is 0.571. The molecule has 0 amide bonds. The normalized spacial score (nSPS) is 19.6. The summed E-state index contributed by atoms with van der Waals surface area (Å²) in [4.78, 5) is 2.58. The van der Waals surface area contributed by atoms with Crippen LogP contribution in [0.4, 0.5) is 5.69 Å². The Kier molecular flexibility index (Phi) is 3.83. The van der Waals surface area contributed by atoms with Gasteiger partial charge in [-0.25, -0.2) is 0 Å². The van der Waals surface area contributed by atoms with Gasteiger partial charge in [0.25, 0.3) is 0 Å². The van der Waals surface area contributed by atoms with E-state index in [1.54, 1.807) is 0 Å². The monoisotopic (exact) mass is 218 g/mol. The number of anilines is 1. The van der Waals surface area contributed by atoms with Crippen molar-refractivity contribution in [2.24, 2.45) is 0 Å². The van der Waals surface area contributed by atoms with Crippen molar-refractivity contribution in [1.82, 2.24) is 4.90 Å². The molecule has 1 saturated heterocycles. The van der Waals surface area contributed by atoms with Crippen LogP contribution in [0.5, 0.6) is 0 Å². The molecule has 0 aromatic heterocycles. The number of hydrogen-bond donors (Lipinski definition) is 1. The van der Waals surface area contributed by atoms with E-state index in [0.29, 0.717) is 5.92 Å². The lowest BCUT2D eigenvalue weighted by molar-refractivity contribution is 0.219. The maximum Gasteiger partial charge on any atom is 0.0316 e. The number of hydrogen-bond acceptors (Lipinski definition) is 2. The van der Waals surface area contributed by atoms with E-state index in [2.05, 4.69) is 30.0 Å². The average Bonchev–Trinajstić information content (AvgIpc) is 2.30. The maximum atomic E-state index is 5.82. The van der Waals surface area contributed by atoms with Crippen LogP contribution in [0.2, 0.25) is 0 Å². The molecular weight excluding hydrogens is 196 g/mol. The number of benzene rings is 1. The standard InChI is InChI=1S/C14H22N2/c1-12(11-16-8-3-2-4-9-16)13-6-5-7-14(15)10-13/h5-7,10,12H,2-4,8-9,11,15H2,1H3. The van der Waals surface area contributed by atoms with Gasteiger partial charge in [0.05, 0.1) is 0 Å². The minimum Gasteiger partial charge on any atom is -0.399 e. The molecule has 0 radical (unpaired) electrons. The number of nitrogen functional groups attached to an aromatic ring is 1. The lowest BCUT2D eigenvalue weighted by atomic mass is 9.99. The molecule has 1 aliphatic heterocycles. The van der Waals surface area contributed by atoms with Crippen LogP contribution in [0.1, 0.15) is 37.7 Å². The summed E-state index contributed by atoms with van der Waals surface area (Å²) in [7, 11) is 0. The summed E-state index contributed by atoms with van der Waals surface area (Å²) in [5.41, 5.74) is 8.06. The Morgan fingerprint density at radius 3 is 2.69 bits per heavy atom. The lowest BCUT2D eigenvalue weighted by Crippen LogP contribution is -2.32. The van der Waals surface area contributed by atoms with Gasteiger partial charge in [-0.1, -0.05) is 25.5 Å². The maximum absolute atomic E-state index is 5.82. The zero-order valence-electron chi connectivity index (χ0n) is 10.2. The van der Waals surface area contributed by atoms with Crippen molar-refractivity contribution in [2.45, 2.75) is 32.1 Å². The summed E-state index contributed by atoms with van der Waals surface area (Å²) >= 11 is 0. The smallest absolute Gasteiger partial charge is 0.0316 e. The quantitative estimate of drug-likeness (QED) is 0.790. The molecular formula is C14H22N2. The molecule has 0 aliphatic carbocycles. The summed E-state index contributed by atoms with van der Waals surface area (Å²) < 4.78 is 0. The molecule has 0 bridgehead atoms. The summed E-state index contributed by atoms with van der Waals surface area (Å²) in [6, 6.07) is 8.30. The Hall–Kier alpha value is -1.02. The topological polar surface area (TPSA) is 29.3 Å². The fourth-order valence-corrected chi connectivity index (χ4v) is 2.50. The molecule has 1 heterocycles. The summed E-state index contributed by atoms with van der Waals surface area (Å²) in [5, 5.41) is 0. The van der Waals surface area contributed by atoms with Gasteiger partial charge in [-0.05, 0) is 49.5 Å². The van der Waals surface area contributed by atoms with Crippen LogP contribution < -0.4 is 5.73 Å². The third-order valence-electron chi connectivity index (χ3n) is 3.46. The highest BCUT2D eigenvalue weighted by Gasteiger charge is 2.14. The van der Waals surface area contributed by atoms with Gasteiger partial charge in [0.15, 0.2) is 0 Å². The Morgan fingerprint density at radius 2 is 2.00 bits per heavy atom. The Bertz CT molecular complexity index is 329. The third kappa shape index (κ3) is 2.99. The van der Waals surface area contributed by atoms with Gasteiger partial charge in [-0.2, -0.15) is 0 Å². The predicted octanol–water partition coefficient (Wildman–Crippen LogP) is 2.86. The zero-order valence-corrected chi connectivity index (χ0v) is 10.2. The molecule has 2 heteroatoms. The number of nitrogens with two attached hydrogens (primary N) is 1. The van der Waals surface area contributed by atoms with Crippen LogP contribution in [-0.4, -0.2) is 24.5 Å². The Labute approximate surface area is 98.4 Å². The van der Waals surface area contributed by atoms with E-state index in [1.165, 1.54) is 44.5 Å². The summed E-state index contributed by atoms with van der Waals surface area (Å²) in [6.07, 6.45) is 4.14. The summed E-state index contributed by atoms with van der Waals surface area (Å²) in [6.45, 7) is 6.01. The number of piperidine rings is 1. The number of likely N-dealkylation sites (tertiary alicyclic amines) is 1. The molecule has 1 aliphatic rings. The second kappa shape index (κ2) is 5.35. The molecule has 1 aromatic carbocycles. The highest BCUT2D eigenvalue weighted by molar-refractivity contribution is 5.41. The molecule has 1 fully saturated rings. The van der Waals surface area contributed by atoms with Crippen LogP contribution in [0.25, 0.3) is 0 Å². The molecule has 0 spiro atoms. The van der Waals surface area contributed by atoms with Gasteiger partial charge in [0.1, 0.15) is 0 Å². The van der Waals surface area contributed by atoms with Crippen LogP contribution in [0.3, 0.4) is 0 Å². The first-order chi connectivity index (χ1) is 7.75. The Morgan fingerprint density at radius 1 is 1.25 bits per heavy atom. The van der Waals surface area contributed by atoms with Crippen molar-refractivity contribution >= 4 is 5.69 Å². The van der Waals surface area contributed by atoms with Gasteiger partial charge in [-0.3, -0.25) is 0 Å². The van der Waals surface area contributed by atoms with Crippen LogP contribution >= 0.6 is 0 Å². The van der Waals surface area contributed by atoms with Crippen molar-refractivity contribution < 1.29 is 0 Å². The molecule has 16 heavy (non-hydrogen) atoms. The van der Waals surface area contributed by atoms with Crippen molar-refractivity contribution in [1.29, 1.82) is 0 Å². The largest absolute Gasteiger partial charge is 0.399 e. The molecule has 2 rings (SSSR count). The highest BCUT2D eigenvalue weighted by Crippen LogP contribution is 2.20. The first kappa shape index (κ1) is 11.5. The first-order valence-corrected chi connectivity index (χ1v) is 6.33. The summed E-state index contributed by atoms with van der Waals surface area (Å²) in [5.74, 6) is 0.585. The molecule has 2 N–H and O–H groups in total. The molecule has 1 atom stereocenters. The molecule has 2 nitrogen and oxygen atoms in total. The second-order valence-electron chi connectivity index (χ2n) is 4.93. The molecule has 88 valence electrons. The molecule has 1 unspecified atom stereocenters. The van der Waals surface area contributed by atoms with Crippen LogP contribution in [0, 0.1) is 0 Å². The number of nitrogens with zero attached hydrogens (tertiary/aromatic N) is 1. The van der Waals surface area contributed by atoms with Gasteiger partial charge in [0.2, 0.25) is 0 Å². The van der Waals surface area contributed by atoms with E-state index in [9.17, 15) is 0 Å². The van der Waals surface area contributed by atoms with E-state index >= 15 is 0 Å². The second-order valence-corrected chi connectivity index (χ2v) is 4.93. The molecule has 1 aromatic rings. The SMILES string of the molecule is CC(CN1CCCCC1)c1cccc(N)c1. The van der Waals surface area contributed by atoms with Gasteiger partial charge < -0.3 is 10.6 Å². The van der Waals surface area contributed by atoms with Gasteiger partial charge >= 0.3 is 0 Å². The van der Waals surface area contributed by atoms with Crippen molar-refractivity contribution in [3.8, 4) is 0 Å². The predicted molar refractivity (Wildman–Crippen MR) is 69.6 cm³/mol.